The van der Waals surface area contributed by atoms with Gasteiger partial charge in [-0.3, -0.25) is 4.90 Å². The second-order valence-corrected chi connectivity index (χ2v) is 5.88. The summed E-state index contributed by atoms with van der Waals surface area (Å²) < 4.78 is 0. The van der Waals surface area contributed by atoms with E-state index in [0.717, 1.165) is 6.54 Å². The number of likely N-dealkylation sites (N-methyl/N-ethyl adjacent to an activating group) is 1. The molecule has 0 N–H and O–H groups in total. The van der Waals surface area contributed by atoms with E-state index in [1.54, 1.807) is 0 Å². The van der Waals surface area contributed by atoms with Gasteiger partial charge in [0.25, 0.3) is 0 Å². The lowest BCUT2D eigenvalue weighted by Gasteiger charge is -2.35. The van der Waals surface area contributed by atoms with Crippen molar-refractivity contribution in [1.29, 1.82) is 0 Å². The van der Waals surface area contributed by atoms with Crippen LogP contribution in [0.3, 0.4) is 0 Å². The topological polar surface area (TPSA) is 3.24 Å². The van der Waals surface area contributed by atoms with Crippen molar-refractivity contribution in [1.82, 2.24) is 4.90 Å². The van der Waals surface area contributed by atoms with E-state index in [2.05, 4.69) is 60.1 Å². The van der Waals surface area contributed by atoms with Crippen LogP contribution >= 0.6 is 0 Å². The van der Waals surface area contributed by atoms with Crippen LogP contribution in [0.2, 0.25) is 0 Å². The monoisotopic (exact) mass is 183 g/mol. The van der Waals surface area contributed by atoms with Gasteiger partial charge >= 0.3 is 0 Å². The molecule has 0 amide bonds. The lowest BCUT2D eigenvalue weighted by atomic mass is 9.87. The van der Waals surface area contributed by atoms with Crippen molar-refractivity contribution in [3.8, 4) is 0 Å². The summed E-state index contributed by atoms with van der Waals surface area (Å²) in [4.78, 5) is 2.33. The Kier molecular flexibility index (Phi) is 3.74. The Labute approximate surface area is 83.8 Å². The molecule has 0 bridgehead atoms. The van der Waals surface area contributed by atoms with Crippen LogP contribution in [-0.4, -0.2) is 24.0 Å². The zero-order valence-corrected chi connectivity index (χ0v) is 10.4. The maximum absolute atomic E-state index is 4.14. The molecule has 1 heteroatoms. The molecular formula is C12H25N. The van der Waals surface area contributed by atoms with Crippen molar-refractivity contribution in [2.24, 2.45) is 5.41 Å². The maximum atomic E-state index is 4.14. The normalized spacial score (nSPS) is 13.5. The van der Waals surface area contributed by atoms with Crippen molar-refractivity contribution in [3.63, 3.8) is 0 Å². The Bertz CT molecular complexity index is 178. The molecule has 0 spiro atoms. The minimum Gasteiger partial charge on any atom is -0.298 e. The van der Waals surface area contributed by atoms with Gasteiger partial charge in [0, 0.05) is 12.1 Å². The molecule has 0 fully saturated rings. The Morgan fingerprint density at radius 3 is 1.69 bits per heavy atom. The first-order valence-corrected chi connectivity index (χ1v) is 4.94. The third-order valence-electron chi connectivity index (χ3n) is 2.63. The van der Waals surface area contributed by atoms with Crippen LogP contribution in [0, 0.1) is 5.41 Å². The summed E-state index contributed by atoms with van der Waals surface area (Å²) in [6, 6.07) is 0. The smallest absolute Gasteiger partial charge is 0.0197 e. The predicted octanol–water partition coefficient (Wildman–Crippen LogP) is 3.32. The highest BCUT2D eigenvalue weighted by Crippen LogP contribution is 2.25. The zero-order valence-electron chi connectivity index (χ0n) is 10.4. The van der Waals surface area contributed by atoms with E-state index in [0.29, 0.717) is 0 Å². The first kappa shape index (κ1) is 12.7. The van der Waals surface area contributed by atoms with Crippen LogP contribution in [-0.2, 0) is 0 Å². The van der Waals surface area contributed by atoms with E-state index in [4.69, 9.17) is 0 Å². The first-order valence-electron chi connectivity index (χ1n) is 4.94. The summed E-state index contributed by atoms with van der Waals surface area (Å²) in [5.41, 5.74) is 1.75. The third-order valence-corrected chi connectivity index (χ3v) is 2.63. The minimum atomic E-state index is 0.222. The molecule has 0 rings (SSSR count). The second kappa shape index (κ2) is 3.83. The molecule has 13 heavy (non-hydrogen) atoms. The van der Waals surface area contributed by atoms with E-state index in [9.17, 15) is 0 Å². The van der Waals surface area contributed by atoms with Crippen molar-refractivity contribution in [2.45, 2.75) is 47.1 Å². The molecule has 0 aromatic rings. The summed E-state index contributed by atoms with van der Waals surface area (Å²) in [5, 5.41) is 0. The van der Waals surface area contributed by atoms with Crippen LogP contribution in [0.4, 0.5) is 0 Å². The molecular weight excluding hydrogens is 158 g/mol. The molecule has 0 aliphatic rings. The zero-order chi connectivity index (χ0) is 10.9. The quantitative estimate of drug-likeness (QED) is 0.594. The fourth-order valence-electron chi connectivity index (χ4n) is 0.761. The lowest BCUT2D eigenvalue weighted by Crippen LogP contribution is -2.40. The van der Waals surface area contributed by atoms with Gasteiger partial charge in [0.2, 0.25) is 0 Å². The predicted molar refractivity (Wildman–Crippen MR) is 61.0 cm³/mol. The van der Waals surface area contributed by atoms with E-state index in [1.807, 2.05) is 0 Å². The molecule has 0 saturated carbocycles. The van der Waals surface area contributed by atoms with Gasteiger partial charge in [0.1, 0.15) is 0 Å². The molecule has 0 aliphatic carbocycles. The highest BCUT2D eigenvalue weighted by Gasteiger charge is 2.21. The fraction of sp³-hybridized carbons (Fsp3) is 0.833. The van der Waals surface area contributed by atoms with Crippen molar-refractivity contribution in [2.75, 3.05) is 13.6 Å². The molecule has 0 aromatic heterocycles. The minimum absolute atomic E-state index is 0.222. The summed E-state index contributed by atoms with van der Waals surface area (Å²) in [5.74, 6) is 0. The van der Waals surface area contributed by atoms with Gasteiger partial charge in [-0.15, -0.1) is 0 Å². The van der Waals surface area contributed by atoms with E-state index in [-0.39, 0.29) is 11.0 Å². The molecule has 78 valence electrons. The van der Waals surface area contributed by atoms with Gasteiger partial charge in [0.05, 0.1) is 0 Å². The summed E-state index contributed by atoms with van der Waals surface area (Å²) in [7, 11) is 2.15. The lowest BCUT2D eigenvalue weighted by molar-refractivity contribution is 0.182. The molecule has 0 aromatic carbocycles. The highest BCUT2D eigenvalue weighted by atomic mass is 15.2. The summed E-state index contributed by atoms with van der Waals surface area (Å²) in [6.45, 7) is 18.4. The average Bonchev–Trinajstić information content (AvgIpc) is 1.82. The first-order chi connectivity index (χ1) is 5.55. The Hall–Kier alpha value is -0.300. The van der Waals surface area contributed by atoms with Crippen LogP contribution in [0.15, 0.2) is 12.2 Å². The molecule has 0 radical (unpaired) electrons. The highest BCUT2D eigenvalue weighted by molar-refractivity contribution is 5.08. The average molecular weight is 183 g/mol. The Balaban J connectivity index is 4.24. The van der Waals surface area contributed by atoms with E-state index >= 15 is 0 Å². The van der Waals surface area contributed by atoms with Crippen molar-refractivity contribution in [3.05, 3.63) is 12.2 Å². The van der Waals surface area contributed by atoms with E-state index in [1.165, 1.54) is 5.57 Å². The molecule has 0 unspecified atom stereocenters. The van der Waals surface area contributed by atoms with Crippen LogP contribution in [0.5, 0.6) is 0 Å². The summed E-state index contributed by atoms with van der Waals surface area (Å²) in [6.07, 6.45) is 0. The maximum Gasteiger partial charge on any atom is 0.0197 e. The van der Waals surface area contributed by atoms with Gasteiger partial charge < -0.3 is 0 Å². The van der Waals surface area contributed by atoms with Crippen LogP contribution < -0.4 is 0 Å². The fourth-order valence-corrected chi connectivity index (χ4v) is 0.761. The van der Waals surface area contributed by atoms with Crippen molar-refractivity contribution < 1.29 is 0 Å². The van der Waals surface area contributed by atoms with Crippen LogP contribution in [0.1, 0.15) is 41.5 Å². The Morgan fingerprint density at radius 2 is 1.46 bits per heavy atom. The SMILES string of the molecule is C=C(CN(C)C(C)(C)C)C(C)(C)C. The largest absolute Gasteiger partial charge is 0.298 e. The Morgan fingerprint density at radius 1 is 1.08 bits per heavy atom. The summed E-state index contributed by atoms with van der Waals surface area (Å²) >= 11 is 0. The second-order valence-electron chi connectivity index (χ2n) is 5.88. The number of nitrogens with zero attached hydrogens (tertiary/aromatic N) is 1. The molecule has 1 nitrogen and oxygen atoms in total. The third kappa shape index (κ3) is 4.47. The number of rotatable bonds is 2. The number of hydrogen-bond acceptors (Lipinski definition) is 1. The van der Waals surface area contributed by atoms with Crippen molar-refractivity contribution >= 4 is 0 Å². The van der Waals surface area contributed by atoms with Gasteiger partial charge in [-0.05, 0) is 33.2 Å². The van der Waals surface area contributed by atoms with Gasteiger partial charge in [0.15, 0.2) is 0 Å². The van der Waals surface area contributed by atoms with Crippen LogP contribution in [0.25, 0.3) is 0 Å². The van der Waals surface area contributed by atoms with E-state index < -0.39 is 0 Å². The number of hydrogen-bond donors (Lipinski definition) is 0. The standard InChI is InChI=1S/C12H25N/c1-10(11(2,3)4)9-13(8)12(5,6)7/h1,9H2,2-8H3. The van der Waals surface area contributed by atoms with Gasteiger partial charge in [-0.1, -0.05) is 32.9 Å². The van der Waals surface area contributed by atoms with Gasteiger partial charge in [-0.25, -0.2) is 0 Å². The molecule has 0 heterocycles. The molecule has 0 aliphatic heterocycles. The molecule has 0 atom stereocenters. The molecule has 0 saturated heterocycles. The van der Waals surface area contributed by atoms with Gasteiger partial charge in [-0.2, -0.15) is 0 Å².